The molecule has 0 saturated carbocycles. The van der Waals surface area contributed by atoms with Crippen LogP contribution in [0.5, 0.6) is 5.75 Å². The van der Waals surface area contributed by atoms with Crippen LogP contribution in [-0.4, -0.2) is 18.3 Å². The molecule has 2 nitrogen and oxygen atoms in total. The van der Waals surface area contributed by atoms with E-state index < -0.39 is 12.3 Å². The van der Waals surface area contributed by atoms with Gasteiger partial charge in [0.25, 0.3) is 0 Å². The van der Waals surface area contributed by atoms with E-state index in [4.69, 9.17) is 9.84 Å². The molecule has 0 fully saturated rings. The van der Waals surface area contributed by atoms with E-state index >= 15 is 0 Å². The van der Waals surface area contributed by atoms with Crippen molar-refractivity contribution in [1.82, 2.24) is 0 Å². The van der Waals surface area contributed by atoms with Crippen LogP contribution in [0.1, 0.15) is 19.4 Å². The molecule has 0 heterocycles. The van der Waals surface area contributed by atoms with Crippen molar-refractivity contribution in [3.8, 4) is 5.75 Å². The number of aliphatic hydroxyl groups excluding tert-OH is 1. The van der Waals surface area contributed by atoms with Crippen LogP contribution in [-0.2, 0) is 5.67 Å². The second kappa shape index (κ2) is 4.94. The highest BCUT2D eigenvalue weighted by atomic mass is 79.9. The summed E-state index contributed by atoms with van der Waals surface area (Å²) in [7, 11) is 0. The summed E-state index contributed by atoms with van der Waals surface area (Å²) in [6.07, 6.45) is 0. The Labute approximate surface area is 97.2 Å². The molecule has 0 amide bonds. The van der Waals surface area contributed by atoms with Crippen molar-refractivity contribution in [2.45, 2.75) is 19.5 Å². The molecule has 0 aliphatic rings. The van der Waals surface area contributed by atoms with Crippen LogP contribution in [0.3, 0.4) is 0 Å². The lowest BCUT2D eigenvalue weighted by molar-refractivity contribution is 0.0866. The Morgan fingerprint density at radius 2 is 2.20 bits per heavy atom. The quantitative estimate of drug-likeness (QED) is 0.916. The van der Waals surface area contributed by atoms with Gasteiger partial charge >= 0.3 is 0 Å². The van der Waals surface area contributed by atoms with Crippen LogP contribution in [0.4, 0.5) is 4.39 Å². The maximum atomic E-state index is 13.7. The van der Waals surface area contributed by atoms with Crippen LogP contribution >= 0.6 is 15.9 Å². The zero-order chi connectivity index (χ0) is 11.5. The third kappa shape index (κ3) is 2.92. The van der Waals surface area contributed by atoms with Crippen molar-refractivity contribution in [3.63, 3.8) is 0 Å². The number of rotatable bonds is 4. The topological polar surface area (TPSA) is 29.5 Å². The van der Waals surface area contributed by atoms with E-state index in [1.807, 2.05) is 6.92 Å². The summed E-state index contributed by atoms with van der Waals surface area (Å²) < 4.78 is 19.7. The first-order valence-corrected chi connectivity index (χ1v) is 5.53. The van der Waals surface area contributed by atoms with Crippen molar-refractivity contribution in [1.29, 1.82) is 0 Å². The standard InChI is InChI=1S/C11H14BrFO2/c1-3-15-10-5-4-8(6-9(10)12)11(2,13)7-14/h4-6,14H,3,7H2,1-2H3. The van der Waals surface area contributed by atoms with E-state index in [1.54, 1.807) is 18.2 Å². The van der Waals surface area contributed by atoms with Crippen molar-refractivity contribution < 1.29 is 14.2 Å². The molecule has 1 unspecified atom stereocenters. The van der Waals surface area contributed by atoms with Gasteiger partial charge in [0.05, 0.1) is 17.7 Å². The SMILES string of the molecule is CCOc1ccc(C(C)(F)CO)cc1Br. The maximum absolute atomic E-state index is 13.7. The molecular formula is C11H14BrFO2. The number of hydrogen-bond acceptors (Lipinski definition) is 2. The van der Waals surface area contributed by atoms with Gasteiger partial charge < -0.3 is 9.84 Å². The van der Waals surface area contributed by atoms with Gasteiger partial charge in [0.1, 0.15) is 5.75 Å². The molecule has 15 heavy (non-hydrogen) atoms. The molecule has 0 aliphatic carbocycles. The molecule has 0 saturated heterocycles. The molecule has 0 bridgehead atoms. The Balaban J connectivity index is 3.01. The molecule has 1 atom stereocenters. The molecule has 0 radical (unpaired) electrons. The van der Waals surface area contributed by atoms with Crippen LogP contribution in [0.2, 0.25) is 0 Å². The van der Waals surface area contributed by atoms with Gasteiger partial charge in [-0.1, -0.05) is 6.07 Å². The zero-order valence-corrected chi connectivity index (χ0v) is 10.3. The second-order valence-electron chi connectivity index (χ2n) is 3.43. The van der Waals surface area contributed by atoms with E-state index in [9.17, 15) is 4.39 Å². The van der Waals surface area contributed by atoms with Gasteiger partial charge in [-0.2, -0.15) is 0 Å². The first-order valence-electron chi connectivity index (χ1n) is 4.74. The third-order valence-electron chi connectivity index (χ3n) is 2.13. The summed E-state index contributed by atoms with van der Waals surface area (Å²) in [6.45, 7) is 3.25. The molecule has 0 spiro atoms. The summed E-state index contributed by atoms with van der Waals surface area (Å²) in [5.41, 5.74) is -1.28. The van der Waals surface area contributed by atoms with Crippen molar-refractivity contribution in [3.05, 3.63) is 28.2 Å². The summed E-state index contributed by atoms with van der Waals surface area (Å²) in [4.78, 5) is 0. The number of aliphatic hydroxyl groups is 1. The Morgan fingerprint density at radius 3 is 2.67 bits per heavy atom. The molecule has 0 aromatic heterocycles. The van der Waals surface area contributed by atoms with Crippen LogP contribution in [0, 0.1) is 0 Å². The summed E-state index contributed by atoms with van der Waals surface area (Å²) >= 11 is 3.30. The van der Waals surface area contributed by atoms with E-state index in [0.717, 1.165) is 0 Å². The van der Waals surface area contributed by atoms with Gasteiger partial charge in [0.2, 0.25) is 0 Å². The molecule has 1 N–H and O–H groups in total. The average molecular weight is 277 g/mol. The number of hydrogen-bond donors (Lipinski definition) is 1. The number of alkyl halides is 1. The summed E-state index contributed by atoms with van der Waals surface area (Å²) in [6, 6.07) is 4.93. The van der Waals surface area contributed by atoms with Gasteiger partial charge in [0.15, 0.2) is 5.67 Å². The fourth-order valence-corrected chi connectivity index (χ4v) is 1.68. The fourth-order valence-electron chi connectivity index (χ4n) is 1.19. The Bertz CT molecular complexity index is 339. The van der Waals surface area contributed by atoms with E-state index in [1.165, 1.54) is 6.92 Å². The van der Waals surface area contributed by atoms with Crippen molar-refractivity contribution in [2.24, 2.45) is 0 Å². The largest absolute Gasteiger partial charge is 0.493 e. The molecule has 1 aromatic carbocycles. The zero-order valence-electron chi connectivity index (χ0n) is 8.76. The molecule has 1 rings (SSSR count). The van der Waals surface area contributed by atoms with Gasteiger partial charge in [-0.15, -0.1) is 0 Å². The van der Waals surface area contributed by atoms with Gasteiger partial charge in [-0.05, 0) is 47.5 Å². The van der Waals surface area contributed by atoms with Crippen LogP contribution < -0.4 is 4.74 Å². The lowest BCUT2D eigenvalue weighted by Gasteiger charge is -2.18. The van der Waals surface area contributed by atoms with Crippen LogP contribution in [0.25, 0.3) is 0 Å². The lowest BCUT2D eigenvalue weighted by Crippen LogP contribution is -2.20. The number of halogens is 2. The smallest absolute Gasteiger partial charge is 0.156 e. The van der Waals surface area contributed by atoms with Gasteiger partial charge in [-0.25, -0.2) is 4.39 Å². The highest BCUT2D eigenvalue weighted by Gasteiger charge is 2.25. The highest BCUT2D eigenvalue weighted by molar-refractivity contribution is 9.10. The minimum atomic E-state index is -1.72. The van der Waals surface area contributed by atoms with Crippen molar-refractivity contribution >= 4 is 15.9 Å². The maximum Gasteiger partial charge on any atom is 0.156 e. The molecule has 84 valence electrons. The van der Waals surface area contributed by atoms with Gasteiger partial charge in [-0.3, -0.25) is 0 Å². The summed E-state index contributed by atoms with van der Waals surface area (Å²) in [5, 5.41) is 8.89. The minimum absolute atomic E-state index is 0.431. The predicted octanol–water partition coefficient (Wildman–Crippen LogP) is 3.02. The lowest BCUT2D eigenvalue weighted by atomic mass is 9.99. The second-order valence-corrected chi connectivity index (χ2v) is 4.29. The van der Waals surface area contributed by atoms with E-state index in [2.05, 4.69) is 15.9 Å². The average Bonchev–Trinajstić information content (AvgIpc) is 2.21. The predicted molar refractivity (Wildman–Crippen MR) is 60.9 cm³/mol. The van der Waals surface area contributed by atoms with Crippen molar-refractivity contribution in [2.75, 3.05) is 13.2 Å². The van der Waals surface area contributed by atoms with E-state index in [0.29, 0.717) is 22.4 Å². The number of benzene rings is 1. The van der Waals surface area contributed by atoms with E-state index in [-0.39, 0.29) is 0 Å². The minimum Gasteiger partial charge on any atom is -0.493 e. The van der Waals surface area contributed by atoms with Crippen LogP contribution in [0.15, 0.2) is 22.7 Å². The molecule has 1 aromatic rings. The molecular weight excluding hydrogens is 263 g/mol. The fraction of sp³-hybridized carbons (Fsp3) is 0.455. The Hall–Kier alpha value is -0.610. The summed E-state index contributed by atoms with van der Waals surface area (Å²) in [5.74, 6) is 0.676. The van der Waals surface area contributed by atoms with Gasteiger partial charge in [0, 0.05) is 0 Å². The third-order valence-corrected chi connectivity index (χ3v) is 2.75. The first-order chi connectivity index (χ1) is 7.01. The molecule has 0 aliphatic heterocycles. The Kier molecular flexibility index (Phi) is 4.11. The highest BCUT2D eigenvalue weighted by Crippen LogP contribution is 2.32. The first kappa shape index (κ1) is 12.5. The number of ether oxygens (including phenoxy) is 1. The monoisotopic (exact) mass is 276 g/mol. The Morgan fingerprint density at radius 1 is 1.53 bits per heavy atom. The molecule has 4 heteroatoms. The normalized spacial score (nSPS) is 14.7.